The summed E-state index contributed by atoms with van der Waals surface area (Å²) in [4.78, 5) is 12.0. The zero-order valence-electron chi connectivity index (χ0n) is 9.83. The van der Waals surface area contributed by atoms with Gasteiger partial charge in [0.2, 0.25) is 0 Å². The fourth-order valence-corrected chi connectivity index (χ4v) is 1.61. The molecule has 0 bridgehead atoms. The highest BCUT2D eigenvalue weighted by Crippen LogP contribution is 2.14. The topological polar surface area (TPSA) is 53.6 Å². The van der Waals surface area contributed by atoms with Crippen molar-refractivity contribution < 1.29 is 0 Å². The first-order valence-corrected chi connectivity index (χ1v) is 5.47. The quantitative estimate of drug-likeness (QED) is 0.829. The average molecular weight is 216 g/mol. The lowest BCUT2D eigenvalue weighted by atomic mass is 10.3. The van der Waals surface area contributed by atoms with Crippen molar-refractivity contribution in [2.45, 2.75) is 27.2 Å². The van der Waals surface area contributed by atoms with Gasteiger partial charge >= 0.3 is 0 Å². The maximum Gasteiger partial charge on any atom is 0.158 e. The first-order chi connectivity index (χ1) is 7.72. The monoisotopic (exact) mass is 216 g/mol. The number of aromatic amines is 1. The molecule has 0 aliphatic carbocycles. The molecule has 0 radical (unpaired) electrons. The maximum absolute atomic E-state index is 4.46. The summed E-state index contributed by atoms with van der Waals surface area (Å²) in [6.45, 7) is 6.11. The Morgan fingerprint density at radius 2 is 2.38 bits per heavy atom. The van der Waals surface area contributed by atoms with Gasteiger partial charge < -0.3 is 10.3 Å². The number of aryl methyl sites for hydroxylation is 1. The van der Waals surface area contributed by atoms with Crippen molar-refractivity contribution in [3.63, 3.8) is 0 Å². The lowest BCUT2D eigenvalue weighted by molar-refractivity contribution is 1.08. The predicted molar refractivity (Wildman–Crippen MR) is 66.3 cm³/mol. The first kappa shape index (κ1) is 10.7. The summed E-state index contributed by atoms with van der Waals surface area (Å²) in [7, 11) is 0. The first-order valence-electron chi connectivity index (χ1n) is 5.47. The SMILES string of the molecule is C/C=C(/CC)Nc1cnc2cc(C)[nH]c2n1. The second-order valence-corrected chi connectivity index (χ2v) is 3.73. The highest BCUT2D eigenvalue weighted by molar-refractivity contribution is 5.73. The average Bonchev–Trinajstić information content (AvgIpc) is 2.65. The van der Waals surface area contributed by atoms with Crippen molar-refractivity contribution in [1.29, 1.82) is 0 Å². The van der Waals surface area contributed by atoms with E-state index in [9.17, 15) is 0 Å². The Morgan fingerprint density at radius 1 is 1.56 bits per heavy atom. The number of fused-ring (bicyclic) bond motifs is 1. The van der Waals surface area contributed by atoms with Gasteiger partial charge in [0.05, 0.1) is 6.20 Å². The minimum Gasteiger partial charge on any atom is -0.343 e. The number of nitrogens with zero attached hydrogens (tertiary/aromatic N) is 2. The lowest BCUT2D eigenvalue weighted by Gasteiger charge is -2.06. The van der Waals surface area contributed by atoms with Crippen LogP contribution in [0.3, 0.4) is 0 Å². The highest BCUT2D eigenvalue weighted by Gasteiger charge is 2.02. The Labute approximate surface area is 94.8 Å². The third-order valence-corrected chi connectivity index (χ3v) is 2.49. The Hall–Kier alpha value is -1.84. The maximum atomic E-state index is 4.46. The highest BCUT2D eigenvalue weighted by atomic mass is 15.0. The molecule has 2 rings (SSSR count). The van der Waals surface area contributed by atoms with Gasteiger partial charge in [-0.25, -0.2) is 9.97 Å². The van der Waals surface area contributed by atoms with E-state index in [2.05, 4.69) is 27.2 Å². The molecule has 0 aromatic carbocycles. The number of nitrogens with one attached hydrogen (secondary N) is 2. The zero-order chi connectivity index (χ0) is 11.5. The van der Waals surface area contributed by atoms with Gasteiger partial charge in [-0.05, 0) is 26.3 Å². The van der Waals surface area contributed by atoms with Crippen LogP contribution in [-0.2, 0) is 0 Å². The van der Waals surface area contributed by atoms with Gasteiger partial charge in [0.1, 0.15) is 5.52 Å². The van der Waals surface area contributed by atoms with Crippen LogP contribution in [0, 0.1) is 6.92 Å². The molecule has 84 valence electrons. The van der Waals surface area contributed by atoms with Crippen molar-refractivity contribution in [2.24, 2.45) is 0 Å². The summed E-state index contributed by atoms with van der Waals surface area (Å²) in [6.07, 6.45) is 4.76. The van der Waals surface area contributed by atoms with Crippen molar-refractivity contribution in [3.05, 3.63) is 29.7 Å². The summed E-state index contributed by atoms with van der Waals surface area (Å²) < 4.78 is 0. The Morgan fingerprint density at radius 3 is 3.06 bits per heavy atom. The van der Waals surface area contributed by atoms with E-state index in [0.717, 1.165) is 34.8 Å². The zero-order valence-corrected chi connectivity index (χ0v) is 9.83. The number of hydrogen-bond donors (Lipinski definition) is 2. The van der Waals surface area contributed by atoms with E-state index >= 15 is 0 Å². The number of anilines is 1. The van der Waals surface area contributed by atoms with Crippen LogP contribution >= 0.6 is 0 Å². The molecule has 4 nitrogen and oxygen atoms in total. The van der Waals surface area contributed by atoms with Crippen LogP contribution in [-0.4, -0.2) is 15.0 Å². The molecule has 0 atom stereocenters. The van der Waals surface area contributed by atoms with Gasteiger partial charge in [-0.3, -0.25) is 0 Å². The summed E-state index contributed by atoms with van der Waals surface area (Å²) in [5.41, 5.74) is 3.96. The van der Waals surface area contributed by atoms with Crippen LogP contribution in [0.5, 0.6) is 0 Å². The molecule has 0 saturated heterocycles. The fourth-order valence-electron chi connectivity index (χ4n) is 1.61. The van der Waals surface area contributed by atoms with E-state index < -0.39 is 0 Å². The van der Waals surface area contributed by atoms with Crippen molar-refractivity contribution in [2.75, 3.05) is 5.32 Å². The van der Waals surface area contributed by atoms with Crippen molar-refractivity contribution >= 4 is 17.0 Å². The van der Waals surface area contributed by atoms with Crippen LogP contribution in [0.1, 0.15) is 26.0 Å². The summed E-state index contributed by atoms with van der Waals surface area (Å²) >= 11 is 0. The lowest BCUT2D eigenvalue weighted by Crippen LogP contribution is -2.00. The number of hydrogen-bond acceptors (Lipinski definition) is 3. The molecule has 2 N–H and O–H groups in total. The van der Waals surface area contributed by atoms with Gasteiger partial charge in [0.25, 0.3) is 0 Å². The Balaban J connectivity index is 2.32. The van der Waals surface area contributed by atoms with Crippen LogP contribution in [0.2, 0.25) is 0 Å². The molecule has 4 heteroatoms. The van der Waals surface area contributed by atoms with Gasteiger partial charge in [-0.2, -0.15) is 0 Å². The smallest absolute Gasteiger partial charge is 0.158 e. The third-order valence-electron chi connectivity index (χ3n) is 2.49. The Bertz CT molecular complexity index is 525. The van der Waals surface area contributed by atoms with Gasteiger partial charge in [0.15, 0.2) is 11.5 Å². The van der Waals surface area contributed by atoms with E-state index in [1.807, 2.05) is 26.0 Å². The predicted octanol–water partition coefficient (Wildman–Crippen LogP) is 2.99. The normalized spacial score (nSPS) is 12.1. The van der Waals surface area contributed by atoms with Crippen LogP contribution in [0.4, 0.5) is 5.82 Å². The minimum atomic E-state index is 0.782. The fraction of sp³-hybridized carbons (Fsp3) is 0.333. The van der Waals surface area contributed by atoms with E-state index in [1.165, 1.54) is 0 Å². The molecule has 0 fully saturated rings. The third kappa shape index (κ3) is 2.05. The summed E-state index contributed by atoms with van der Waals surface area (Å²) in [5.74, 6) is 0.782. The van der Waals surface area contributed by atoms with E-state index in [1.54, 1.807) is 6.20 Å². The molecule has 0 amide bonds. The van der Waals surface area contributed by atoms with E-state index in [-0.39, 0.29) is 0 Å². The largest absolute Gasteiger partial charge is 0.343 e. The molecule has 0 unspecified atom stereocenters. The molecule has 2 aromatic rings. The summed E-state index contributed by atoms with van der Waals surface area (Å²) in [6, 6.07) is 1.99. The Kier molecular flexibility index (Phi) is 2.90. The number of H-pyrrole nitrogens is 1. The molecule has 2 heterocycles. The molecular formula is C12H16N4. The minimum absolute atomic E-state index is 0.782. The number of rotatable bonds is 3. The molecule has 0 aliphatic heterocycles. The van der Waals surface area contributed by atoms with Crippen molar-refractivity contribution in [1.82, 2.24) is 15.0 Å². The van der Waals surface area contributed by atoms with Gasteiger partial charge in [-0.1, -0.05) is 13.0 Å². The molecule has 0 aliphatic rings. The van der Waals surface area contributed by atoms with Gasteiger partial charge in [-0.15, -0.1) is 0 Å². The summed E-state index contributed by atoms with van der Waals surface area (Å²) in [5, 5.41) is 3.25. The van der Waals surface area contributed by atoms with Gasteiger partial charge in [0, 0.05) is 11.4 Å². The van der Waals surface area contributed by atoms with E-state index in [0.29, 0.717) is 0 Å². The molecule has 2 aromatic heterocycles. The van der Waals surface area contributed by atoms with Crippen molar-refractivity contribution in [3.8, 4) is 0 Å². The molecule has 16 heavy (non-hydrogen) atoms. The molecular weight excluding hydrogens is 200 g/mol. The second kappa shape index (κ2) is 4.35. The second-order valence-electron chi connectivity index (χ2n) is 3.73. The van der Waals surface area contributed by atoms with E-state index in [4.69, 9.17) is 0 Å². The standard InChI is InChI=1S/C12H16N4/c1-4-9(5-2)15-11-7-13-10-6-8(3)14-12(10)16-11/h4,6-7H,5H2,1-3H3,(H2,14,15,16)/b9-4-. The van der Waals surface area contributed by atoms with Crippen LogP contribution in [0.15, 0.2) is 24.0 Å². The number of aromatic nitrogens is 3. The number of allylic oxidation sites excluding steroid dienone is 2. The van der Waals surface area contributed by atoms with Crippen LogP contribution in [0.25, 0.3) is 11.2 Å². The molecule has 0 saturated carbocycles. The molecule has 0 spiro atoms. The van der Waals surface area contributed by atoms with Crippen LogP contribution < -0.4 is 5.32 Å².